The predicted octanol–water partition coefficient (Wildman–Crippen LogP) is 5.78. The van der Waals surface area contributed by atoms with Gasteiger partial charge in [0.15, 0.2) is 0 Å². The third kappa shape index (κ3) is 2.48. The molecule has 0 fully saturated rings. The van der Waals surface area contributed by atoms with Crippen molar-refractivity contribution in [3.05, 3.63) is 64.9 Å². The minimum absolute atomic E-state index is 0.921. The van der Waals surface area contributed by atoms with Gasteiger partial charge >= 0.3 is 0 Å². The Morgan fingerprint density at radius 3 is 2.56 bits per heavy atom. The average Bonchev–Trinajstić information content (AvgIpc) is 2.91. The van der Waals surface area contributed by atoms with E-state index in [4.69, 9.17) is 0 Å². The van der Waals surface area contributed by atoms with Gasteiger partial charge in [0.25, 0.3) is 0 Å². The Morgan fingerprint density at radius 1 is 1.16 bits per heavy atom. The molecule has 0 aliphatic carbocycles. The summed E-state index contributed by atoms with van der Waals surface area (Å²) in [7, 11) is 0. The Kier molecular flexibility index (Phi) is 3.72. The van der Waals surface area contributed by atoms with E-state index < -0.39 is 0 Å². The number of aryl methyl sites for hydroxylation is 2. The number of hydrogen-bond donors (Lipinski definition) is 1. The largest absolute Gasteiger partial charge is 0.381 e. The maximum absolute atomic E-state index is 4.19. The molecule has 0 radical (unpaired) electrons. The topological polar surface area (TPSA) is 17.0 Å². The first-order valence-corrected chi connectivity index (χ1v) is 9.08. The summed E-state index contributed by atoms with van der Waals surface area (Å²) in [6.45, 7) is 15.0. The quantitative estimate of drug-likeness (QED) is 0.603. The van der Waals surface area contributed by atoms with Crippen molar-refractivity contribution >= 4 is 16.6 Å². The minimum Gasteiger partial charge on any atom is -0.381 e. The molecule has 4 rings (SSSR count). The monoisotopic (exact) mass is 330 g/mol. The van der Waals surface area contributed by atoms with E-state index >= 15 is 0 Å². The highest BCUT2D eigenvalue weighted by Crippen LogP contribution is 2.43. The second kappa shape index (κ2) is 5.80. The molecule has 0 unspecified atom stereocenters. The third-order valence-corrected chi connectivity index (χ3v) is 5.40. The molecule has 1 aromatic heterocycles. The van der Waals surface area contributed by atoms with Crippen molar-refractivity contribution in [3.8, 4) is 11.1 Å². The van der Waals surface area contributed by atoms with E-state index in [0.29, 0.717) is 0 Å². The van der Waals surface area contributed by atoms with Crippen LogP contribution in [0.4, 0.5) is 5.69 Å². The van der Waals surface area contributed by atoms with Crippen molar-refractivity contribution in [2.75, 3.05) is 11.9 Å². The van der Waals surface area contributed by atoms with Gasteiger partial charge in [-0.3, -0.25) is 0 Å². The van der Waals surface area contributed by atoms with Gasteiger partial charge in [-0.1, -0.05) is 42.0 Å². The first-order valence-electron chi connectivity index (χ1n) is 9.08. The molecule has 2 heteroatoms. The molecule has 128 valence electrons. The molecule has 0 saturated carbocycles. The number of nitrogens with zero attached hydrogens (tertiary/aromatic N) is 1. The van der Waals surface area contributed by atoms with Crippen LogP contribution in [0.2, 0.25) is 0 Å². The molecule has 1 aliphatic rings. The van der Waals surface area contributed by atoms with Crippen LogP contribution in [0.1, 0.15) is 29.3 Å². The normalized spacial score (nSPS) is 13.1. The standard InChI is InChI=1S/C23H26N2/c1-14(2)12-19-17(5)22-23-20(13-16(4)25(23)11-10-24-22)21(19)18-8-6-15(3)7-9-18/h6-9,13,24H,1,10-12H2,2-5H3. The van der Waals surface area contributed by atoms with E-state index in [9.17, 15) is 0 Å². The average molecular weight is 330 g/mol. The highest BCUT2D eigenvalue weighted by atomic mass is 15.1. The van der Waals surface area contributed by atoms with Gasteiger partial charge in [-0.25, -0.2) is 0 Å². The van der Waals surface area contributed by atoms with Crippen molar-refractivity contribution in [3.63, 3.8) is 0 Å². The van der Waals surface area contributed by atoms with Gasteiger partial charge in [-0.2, -0.15) is 0 Å². The Balaban J connectivity index is 2.13. The minimum atomic E-state index is 0.921. The smallest absolute Gasteiger partial charge is 0.0727 e. The van der Waals surface area contributed by atoms with Crippen LogP contribution in [0.3, 0.4) is 0 Å². The number of nitrogens with one attached hydrogen (secondary N) is 1. The van der Waals surface area contributed by atoms with Crippen LogP contribution < -0.4 is 5.32 Å². The van der Waals surface area contributed by atoms with E-state index in [1.54, 1.807) is 0 Å². The predicted molar refractivity (Wildman–Crippen MR) is 109 cm³/mol. The van der Waals surface area contributed by atoms with Crippen LogP contribution >= 0.6 is 0 Å². The molecule has 0 amide bonds. The molecule has 2 aromatic carbocycles. The first-order chi connectivity index (χ1) is 12.0. The van der Waals surface area contributed by atoms with Gasteiger partial charge in [0, 0.05) is 24.2 Å². The molecule has 0 spiro atoms. The fraction of sp³-hybridized carbons (Fsp3) is 0.304. The Labute approximate surface area is 150 Å². The molecular formula is C23H26N2. The van der Waals surface area contributed by atoms with Crippen LogP contribution in [0.15, 0.2) is 42.5 Å². The van der Waals surface area contributed by atoms with Crippen LogP contribution in [0.25, 0.3) is 22.0 Å². The summed E-state index contributed by atoms with van der Waals surface area (Å²) in [5.74, 6) is 0. The number of hydrogen-bond acceptors (Lipinski definition) is 1. The van der Waals surface area contributed by atoms with Gasteiger partial charge in [0.2, 0.25) is 0 Å². The van der Waals surface area contributed by atoms with Crippen LogP contribution in [0.5, 0.6) is 0 Å². The summed E-state index contributed by atoms with van der Waals surface area (Å²) in [5, 5.41) is 5.03. The fourth-order valence-electron chi connectivity index (χ4n) is 4.19. The molecule has 1 aliphatic heterocycles. The molecule has 3 aromatic rings. The summed E-state index contributed by atoms with van der Waals surface area (Å²) in [5.41, 5.74) is 12.0. The van der Waals surface area contributed by atoms with Gasteiger partial charge in [0.05, 0.1) is 11.2 Å². The SMILES string of the molecule is C=C(C)Cc1c(C)c2c3c(cc(C)n3CCN2)c1-c1ccc(C)cc1. The van der Waals surface area contributed by atoms with Crippen molar-refractivity contribution in [1.29, 1.82) is 0 Å². The first kappa shape index (κ1) is 16.0. The Bertz CT molecular complexity index is 988. The molecule has 2 nitrogen and oxygen atoms in total. The van der Waals surface area contributed by atoms with Crippen molar-refractivity contribution in [2.24, 2.45) is 0 Å². The lowest BCUT2D eigenvalue weighted by molar-refractivity contribution is 0.719. The van der Waals surface area contributed by atoms with Gasteiger partial charge in [0.1, 0.15) is 0 Å². The Hall–Kier alpha value is -2.48. The molecular weight excluding hydrogens is 304 g/mol. The van der Waals surface area contributed by atoms with Gasteiger partial charge in [-0.15, -0.1) is 0 Å². The number of anilines is 1. The second-order valence-corrected chi connectivity index (χ2v) is 7.48. The maximum Gasteiger partial charge on any atom is 0.0727 e. The number of rotatable bonds is 3. The molecule has 0 saturated heterocycles. The van der Waals surface area contributed by atoms with Crippen molar-refractivity contribution in [2.45, 2.75) is 40.7 Å². The maximum atomic E-state index is 4.19. The number of allylic oxidation sites excluding steroid dienone is 1. The van der Waals surface area contributed by atoms with E-state index in [1.165, 1.54) is 55.7 Å². The zero-order valence-corrected chi connectivity index (χ0v) is 15.7. The lowest BCUT2D eigenvalue weighted by Crippen LogP contribution is -2.19. The van der Waals surface area contributed by atoms with Crippen LogP contribution in [-0.2, 0) is 13.0 Å². The fourth-order valence-corrected chi connectivity index (χ4v) is 4.19. The van der Waals surface area contributed by atoms with E-state index in [0.717, 1.165) is 19.5 Å². The summed E-state index contributed by atoms with van der Waals surface area (Å²) in [6, 6.07) is 11.3. The molecule has 0 bridgehead atoms. The summed E-state index contributed by atoms with van der Waals surface area (Å²) in [6.07, 6.45) is 0.921. The molecule has 2 heterocycles. The van der Waals surface area contributed by atoms with E-state index in [-0.39, 0.29) is 0 Å². The lowest BCUT2D eigenvalue weighted by Gasteiger charge is -2.25. The molecule has 1 N–H and O–H groups in total. The van der Waals surface area contributed by atoms with Gasteiger partial charge in [-0.05, 0) is 62.4 Å². The van der Waals surface area contributed by atoms with Crippen molar-refractivity contribution < 1.29 is 0 Å². The Morgan fingerprint density at radius 2 is 1.88 bits per heavy atom. The van der Waals surface area contributed by atoms with E-state index in [1.807, 2.05) is 0 Å². The van der Waals surface area contributed by atoms with E-state index in [2.05, 4.69) is 74.5 Å². The lowest BCUT2D eigenvalue weighted by atomic mass is 9.87. The number of aromatic nitrogens is 1. The van der Waals surface area contributed by atoms with Crippen molar-refractivity contribution in [1.82, 2.24) is 4.57 Å². The zero-order chi connectivity index (χ0) is 17.7. The summed E-state index contributed by atoms with van der Waals surface area (Å²) >= 11 is 0. The second-order valence-electron chi connectivity index (χ2n) is 7.48. The summed E-state index contributed by atoms with van der Waals surface area (Å²) in [4.78, 5) is 0. The third-order valence-electron chi connectivity index (χ3n) is 5.40. The van der Waals surface area contributed by atoms with Crippen LogP contribution in [0, 0.1) is 20.8 Å². The molecule has 25 heavy (non-hydrogen) atoms. The highest BCUT2D eigenvalue weighted by molar-refractivity contribution is 6.06. The number of benzene rings is 2. The zero-order valence-electron chi connectivity index (χ0n) is 15.7. The van der Waals surface area contributed by atoms with Crippen LogP contribution in [-0.4, -0.2) is 11.1 Å². The highest BCUT2D eigenvalue weighted by Gasteiger charge is 2.23. The summed E-state index contributed by atoms with van der Waals surface area (Å²) < 4.78 is 2.47. The molecule has 0 atom stereocenters. The van der Waals surface area contributed by atoms with Gasteiger partial charge < -0.3 is 9.88 Å².